The molecule has 0 aliphatic rings. The van der Waals surface area contributed by atoms with E-state index in [1.54, 1.807) is 18.3 Å². The molecule has 6 heteroatoms. The van der Waals surface area contributed by atoms with Gasteiger partial charge in [0.25, 0.3) is 5.91 Å². The van der Waals surface area contributed by atoms with Crippen LogP contribution in [0, 0.1) is 5.92 Å². The Labute approximate surface area is 109 Å². The molecule has 1 N–H and O–H groups in total. The molecule has 0 saturated carbocycles. The molecule has 0 bridgehead atoms. The minimum absolute atomic E-state index is 0.213. The molecule has 2 aromatic rings. The minimum Gasteiger partial charge on any atom is -0.296 e. The molecule has 2 rings (SSSR count). The van der Waals surface area contributed by atoms with Gasteiger partial charge in [0.05, 0.1) is 5.56 Å². The van der Waals surface area contributed by atoms with Crippen molar-refractivity contribution in [1.82, 2.24) is 15.2 Å². The van der Waals surface area contributed by atoms with Gasteiger partial charge in [-0.25, -0.2) is 0 Å². The van der Waals surface area contributed by atoms with Crippen LogP contribution in [0.25, 0.3) is 0 Å². The van der Waals surface area contributed by atoms with Crippen LogP contribution in [-0.2, 0) is 6.42 Å². The fourth-order valence-electron chi connectivity index (χ4n) is 1.40. The van der Waals surface area contributed by atoms with Gasteiger partial charge in [-0.1, -0.05) is 25.2 Å². The first-order valence-corrected chi connectivity index (χ1v) is 6.50. The molecule has 0 aliphatic carbocycles. The van der Waals surface area contributed by atoms with Crippen molar-refractivity contribution in [3.63, 3.8) is 0 Å². The molecule has 0 saturated heterocycles. The molecule has 0 atom stereocenters. The Morgan fingerprint density at radius 1 is 1.44 bits per heavy atom. The Hall–Kier alpha value is -1.82. The standard InChI is InChI=1S/C12H14N4OS/c1-8(2)6-10-15-16-12(18-10)14-11(17)9-4-3-5-13-7-9/h3-5,7-8H,6H2,1-2H3,(H,14,16,17). The van der Waals surface area contributed by atoms with E-state index in [4.69, 9.17) is 0 Å². The number of nitrogens with zero attached hydrogens (tertiary/aromatic N) is 3. The maximum atomic E-state index is 11.8. The normalized spacial score (nSPS) is 10.6. The molecule has 5 nitrogen and oxygen atoms in total. The highest BCUT2D eigenvalue weighted by molar-refractivity contribution is 7.15. The lowest BCUT2D eigenvalue weighted by Crippen LogP contribution is -2.11. The van der Waals surface area contributed by atoms with Crippen LogP contribution in [0.1, 0.15) is 29.2 Å². The first kappa shape index (κ1) is 12.6. The van der Waals surface area contributed by atoms with Crippen molar-refractivity contribution in [3.05, 3.63) is 35.1 Å². The highest BCUT2D eigenvalue weighted by Gasteiger charge is 2.10. The number of amides is 1. The van der Waals surface area contributed by atoms with Crippen LogP contribution in [0.2, 0.25) is 0 Å². The molecule has 94 valence electrons. The summed E-state index contributed by atoms with van der Waals surface area (Å²) in [5.41, 5.74) is 0.512. The Balaban J connectivity index is 2.01. The molecule has 0 spiro atoms. The van der Waals surface area contributed by atoms with Crippen LogP contribution in [-0.4, -0.2) is 21.1 Å². The van der Waals surface area contributed by atoms with Crippen LogP contribution in [0.4, 0.5) is 5.13 Å². The predicted molar refractivity (Wildman–Crippen MR) is 70.6 cm³/mol. The number of carbonyl (C=O) groups is 1. The third kappa shape index (κ3) is 3.33. The largest absolute Gasteiger partial charge is 0.296 e. The Kier molecular flexibility index (Phi) is 3.99. The van der Waals surface area contributed by atoms with Gasteiger partial charge in [-0.2, -0.15) is 0 Å². The number of anilines is 1. The van der Waals surface area contributed by atoms with Gasteiger partial charge in [0.15, 0.2) is 0 Å². The number of hydrogen-bond acceptors (Lipinski definition) is 5. The summed E-state index contributed by atoms with van der Waals surface area (Å²) >= 11 is 1.41. The van der Waals surface area contributed by atoms with E-state index in [1.165, 1.54) is 17.5 Å². The molecule has 0 fully saturated rings. The lowest BCUT2D eigenvalue weighted by molar-refractivity contribution is 0.102. The van der Waals surface area contributed by atoms with E-state index in [1.807, 2.05) is 0 Å². The molecule has 0 aromatic carbocycles. The molecular formula is C12H14N4OS. The number of pyridine rings is 1. The van der Waals surface area contributed by atoms with Gasteiger partial charge in [0.2, 0.25) is 5.13 Å². The summed E-state index contributed by atoms with van der Waals surface area (Å²) in [5, 5.41) is 12.2. The molecule has 2 heterocycles. The molecule has 1 amide bonds. The van der Waals surface area contributed by atoms with Crippen molar-refractivity contribution in [1.29, 1.82) is 0 Å². The van der Waals surface area contributed by atoms with E-state index in [0.29, 0.717) is 16.6 Å². The molecule has 0 unspecified atom stereocenters. The number of nitrogens with one attached hydrogen (secondary N) is 1. The monoisotopic (exact) mass is 262 g/mol. The van der Waals surface area contributed by atoms with Gasteiger partial charge < -0.3 is 0 Å². The molecule has 0 aliphatic heterocycles. The summed E-state index contributed by atoms with van der Waals surface area (Å²) in [7, 11) is 0. The predicted octanol–water partition coefficient (Wildman–Crippen LogP) is 2.38. The van der Waals surface area contributed by atoms with Crippen molar-refractivity contribution in [3.8, 4) is 0 Å². The van der Waals surface area contributed by atoms with Crippen molar-refractivity contribution in [2.24, 2.45) is 5.92 Å². The Morgan fingerprint density at radius 2 is 2.28 bits per heavy atom. The third-order valence-corrected chi connectivity index (χ3v) is 3.05. The van der Waals surface area contributed by atoms with Crippen molar-refractivity contribution >= 4 is 22.4 Å². The number of aromatic nitrogens is 3. The SMILES string of the molecule is CC(C)Cc1nnc(NC(=O)c2cccnc2)s1. The summed E-state index contributed by atoms with van der Waals surface area (Å²) in [6.45, 7) is 4.24. The van der Waals surface area contributed by atoms with Crippen LogP contribution >= 0.6 is 11.3 Å². The van der Waals surface area contributed by atoms with E-state index < -0.39 is 0 Å². The average molecular weight is 262 g/mol. The Morgan fingerprint density at radius 3 is 2.94 bits per heavy atom. The van der Waals surface area contributed by atoms with Gasteiger partial charge in [-0.05, 0) is 18.1 Å². The minimum atomic E-state index is -0.213. The number of carbonyl (C=O) groups excluding carboxylic acids is 1. The van der Waals surface area contributed by atoms with E-state index in [9.17, 15) is 4.79 Å². The van der Waals surface area contributed by atoms with Crippen molar-refractivity contribution in [2.45, 2.75) is 20.3 Å². The van der Waals surface area contributed by atoms with E-state index in [-0.39, 0.29) is 5.91 Å². The summed E-state index contributed by atoms with van der Waals surface area (Å²) in [5.74, 6) is 0.315. The van der Waals surface area contributed by atoms with Gasteiger partial charge in [-0.3, -0.25) is 15.1 Å². The van der Waals surface area contributed by atoms with Crippen LogP contribution in [0.15, 0.2) is 24.5 Å². The zero-order valence-corrected chi connectivity index (χ0v) is 11.1. The fraction of sp³-hybridized carbons (Fsp3) is 0.333. The topological polar surface area (TPSA) is 67.8 Å². The van der Waals surface area contributed by atoms with E-state index >= 15 is 0 Å². The summed E-state index contributed by atoms with van der Waals surface area (Å²) in [4.78, 5) is 15.7. The van der Waals surface area contributed by atoms with Gasteiger partial charge >= 0.3 is 0 Å². The highest BCUT2D eigenvalue weighted by Crippen LogP contribution is 2.18. The van der Waals surface area contributed by atoms with Gasteiger partial charge in [0.1, 0.15) is 5.01 Å². The second kappa shape index (κ2) is 5.68. The maximum absolute atomic E-state index is 11.8. The zero-order valence-electron chi connectivity index (χ0n) is 10.3. The maximum Gasteiger partial charge on any atom is 0.259 e. The highest BCUT2D eigenvalue weighted by atomic mass is 32.1. The van der Waals surface area contributed by atoms with E-state index in [0.717, 1.165) is 11.4 Å². The van der Waals surface area contributed by atoms with Crippen LogP contribution < -0.4 is 5.32 Å². The third-order valence-electron chi connectivity index (χ3n) is 2.19. The fourth-order valence-corrected chi connectivity index (χ4v) is 2.35. The number of rotatable bonds is 4. The smallest absolute Gasteiger partial charge is 0.259 e. The van der Waals surface area contributed by atoms with Crippen molar-refractivity contribution < 1.29 is 4.79 Å². The van der Waals surface area contributed by atoms with Crippen molar-refractivity contribution in [2.75, 3.05) is 5.32 Å². The lowest BCUT2D eigenvalue weighted by atomic mass is 10.1. The quantitative estimate of drug-likeness (QED) is 0.918. The molecule has 18 heavy (non-hydrogen) atoms. The summed E-state index contributed by atoms with van der Waals surface area (Å²) < 4.78 is 0. The molecule has 2 aromatic heterocycles. The lowest BCUT2D eigenvalue weighted by Gasteiger charge is -1.99. The second-order valence-corrected chi connectivity index (χ2v) is 5.36. The van der Waals surface area contributed by atoms with Gasteiger partial charge in [0, 0.05) is 18.8 Å². The van der Waals surface area contributed by atoms with Crippen LogP contribution in [0.5, 0.6) is 0 Å². The summed E-state index contributed by atoms with van der Waals surface area (Å²) in [6.07, 6.45) is 4.02. The molecule has 0 radical (unpaired) electrons. The first-order chi connectivity index (χ1) is 8.65. The average Bonchev–Trinajstić information content (AvgIpc) is 2.76. The summed E-state index contributed by atoms with van der Waals surface area (Å²) in [6, 6.07) is 3.43. The van der Waals surface area contributed by atoms with Gasteiger partial charge in [-0.15, -0.1) is 10.2 Å². The molecular weight excluding hydrogens is 248 g/mol. The Bertz CT molecular complexity index is 524. The first-order valence-electron chi connectivity index (χ1n) is 5.69. The van der Waals surface area contributed by atoms with Crippen LogP contribution in [0.3, 0.4) is 0 Å². The number of hydrogen-bond donors (Lipinski definition) is 1. The second-order valence-electron chi connectivity index (χ2n) is 4.29. The van der Waals surface area contributed by atoms with E-state index in [2.05, 4.69) is 34.3 Å². The zero-order chi connectivity index (χ0) is 13.0.